The van der Waals surface area contributed by atoms with Gasteiger partial charge in [-0.05, 0) is 53.0 Å². The van der Waals surface area contributed by atoms with Gasteiger partial charge in [-0.2, -0.15) is 0 Å². The second kappa shape index (κ2) is 8.48. The first kappa shape index (κ1) is 19.9. The summed E-state index contributed by atoms with van der Waals surface area (Å²) >= 11 is 3.39. The van der Waals surface area contributed by atoms with Crippen LogP contribution in [0, 0.1) is 0 Å². The molecule has 1 aromatic carbocycles. The summed E-state index contributed by atoms with van der Waals surface area (Å²) < 4.78 is 23.7. The zero-order valence-corrected chi connectivity index (χ0v) is 17.5. The molecule has 0 unspecified atom stereocenters. The standard InChI is InChI=1S/C19H22BrN3O3S/c1-27(25,26)15-8-6-14(7-9-15)22-18(24)11-10-16-19(13-4-2-3-5-13)23-17(20)12-21-16/h6-9,12-13H,2-5,10-11H2,1H3,(H,22,24). The first-order valence-electron chi connectivity index (χ1n) is 8.94. The van der Waals surface area contributed by atoms with Crippen LogP contribution in [-0.4, -0.2) is 30.5 Å². The monoisotopic (exact) mass is 451 g/mol. The van der Waals surface area contributed by atoms with Gasteiger partial charge in [-0.1, -0.05) is 12.8 Å². The maximum absolute atomic E-state index is 12.3. The number of halogens is 1. The Kier molecular flexibility index (Phi) is 6.26. The van der Waals surface area contributed by atoms with E-state index in [1.807, 2.05) is 0 Å². The number of aryl methyl sites for hydroxylation is 1. The Hall–Kier alpha value is -1.80. The van der Waals surface area contributed by atoms with Gasteiger partial charge in [0.1, 0.15) is 4.60 Å². The fourth-order valence-electron chi connectivity index (χ4n) is 3.37. The van der Waals surface area contributed by atoms with Crippen LogP contribution in [0.15, 0.2) is 40.0 Å². The number of hydrogen-bond donors (Lipinski definition) is 1. The van der Waals surface area contributed by atoms with Gasteiger partial charge in [0.2, 0.25) is 5.91 Å². The van der Waals surface area contributed by atoms with Crippen LogP contribution in [0.5, 0.6) is 0 Å². The van der Waals surface area contributed by atoms with Crippen molar-refractivity contribution in [2.45, 2.75) is 49.3 Å². The number of amides is 1. The topological polar surface area (TPSA) is 89.0 Å². The molecule has 1 N–H and O–H groups in total. The van der Waals surface area contributed by atoms with E-state index in [9.17, 15) is 13.2 Å². The molecule has 1 amide bonds. The normalized spacial score (nSPS) is 15.0. The molecule has 8 heteroatoms. The number of nitrogens with one attached hydrogen (secondary N) is 1. The Balaban J connectivity index is 1.62. The summed E-state index contributed by atoms with van der Waals surface area (Å²) in [4.78, 5) is 21.6. The highest BCUT2D eigenvalue weighted by molar-refractivity contribution is 9.10. The first-order valence-corrected chi connectivity index (χ1v) is 11.6. The van der Waals surface area contributed by atoms with E-state index < -0.39 is 9.84 Å². The molecule has 0 atom stereocenters. The average molecular weight is 452 g/mol. The van der Waals surface area contributed by atoms with Crippen LogP contribution in [0.4, 0.5) is 5.69 Å². The molecule has 0 spiro atoms. The molecule has 0 saturated heterocycles. The van der Waals surface area contributed by atoms with E-state index in [0.29, 0.717) is 24.4 Å². The predicted molar refractivity (Wildman–Crippen MR) is 107 cm³/mol. The van der Waals surface area contributed by atoms with Crippen molar-refractivity contribution in [1.29, 1.82) is 0 Å². The van der Waals surface area contributed by atoms with Crippen molar-refractivity contribution in [2.24, 2.45) is 0 Å². The lowest BCUT2D eigenvalue weighted by Gasteiger charge is -2.13. The maximum atomic E-state index is 12.3. The predicted octanol–water partition coefficient (Wildman–Crippen LogP) is 3.87. The van der Waals surface area contributed by atoms with Gasteiger partial charge in [0, 0.05) is 30.7 Å². The van der Waals surface area contributed by atoms with Crippen molar-refractivity contribution >= 4 is 37.4 Å². The third kappa shape index (κ3) is 5.35. The number of benzene rings is 1. The highest BCUT2D eigenvalue weighted by atomic mass is 79.9. The van der Waals surface area contributed by atoms with E-state index >= 15 is 0 Å². The molecule has 0 bridgehead atoms. The van der Waals surface area contributed by atoms with Crippen LogP contribution >= 0.6 is 15.9 Å². The molecular formula is C19H22BrN3O3S. The molecule has 1 heterocycles. The number of sulfone groups is 1. The Labute approximate surface area is 167 Å². The Morgan fingerprint density at radius 2 is 1.89 bits per heavy atom. The van der Waals surface area contributed by atoms with Gasteiger partial charge in [-0.3, -0.25) is 9.78 Å². The second-order valence-corrected chi connectivity index (χ2v) is 9.68. The summed E-state index contributed by atoms with van der Waals surface area (Å²) in [6.07, 6.45) is 8.32. The van der Waals surface area contributed by atoms with Gasteiger partial charge in [0.05, 0.1) is 22.5 Å². The molecule has 1 aliphatic carbocycles. The zero-order valence-electron chi connectivity index (χ0n) is 15.1. The molecule has 1 aromatic heterocycles. The summed E-state index contributed by atoms with van der Waals surface area (Å²) in [5.41, 5.74) is 2.46. The Morgan fingerprint density at radius 1 is 1.22 bits per heavy atom. The van der Waals surface area contributed by atoms with Crippen LogP contribution in [0.25, 0.3) is 0 Å². The molecule has 1 aliphatic rings. The molecule has 144 valence electrons. The maximum Gasteiger partial charge on any atom is 0.224 e. The van der Waals surface area contributed by atoms with Gasteiger partial charge < -0.3 is 5.32 Å². The molecular weight excluding hydrogens is 430 g/mol. The van der Waals surface area contributed by atoms with E-state index in [-0.39, 0.29) is 10.8 Å². The quantitative estimate of drug-likeness (QED) is 0.719. The summed E-state index contributed by atoms with van der Waals surface area (Å²) in [6.45, 7) is 0. The minimum atomic E-state index is -3.24. The smallest absolute Gasteiger partial charge is 0.224 e. The lowest BCUT2D eigenvalue weighted by Crippen LogP contribution is -2.14. The summed E-state index contributed by atoms with van der Waals surface area (Å²) in [5.74, 6) is 0.292. The van der Waals surface area contributed by atoms with Crippen LogP contribution < -0.4 is 5.32 Å². The fraction of sp³-hybridized carbons (Fsp3) is 0.421. The number of aromatic nitrogens is 2. The fourth-order valence-corrected chi connectivity index (χ4v) is 4.29. The number of carbonyl (C=O) groups is 1. The highest BCUT2D eigenvalue weighted by Crippen LogP contribution is 2.35. The van der Waals surface area contributed by atoms with E-state index in [1.54, 1.807) is 18.3 Å². The van der Waals surface area contributed by atoms with Crippen molar-refractivity contribution in [3.63, 3.8) is 0 Å². The first-order chi connectivity index (χ1) is 12.8. The van der Waals surface area contributed by atoms with E-state index in [4.69, 9.17) is 0 Å². The van der Waals surface area contributed by atoms with Crippen molar-refractivity contribution < 1.29 is 13.2 Å². The highest BCUT2D eigenvalue weighted by Gasteiger charge is 2.22. The van der Waals surface area contributed by atoms with Crippen LogP contribution in [0.3, 0.4) is 0 Å². The van der Waals surface area contributed by atoms with Gasteiger partial charge in [0.25, 0.3) is 0 Å². The number of nitrogens with zero attached hydrogens (tertiary/aromatic N) is 2. The lowest BCUT2D eigenvalue weighted by atomic mass is 9.99. The molecule has 1 saturated carbocycles. The number of anilines is 1. The summed E-state index contributed by atoms with van der Waals surface area (Å²) in [7, 11) is -3.24. The second-order valence-electron chi connectivity index (χ2n) is 6.85. The number of rotatable bonds is 6. The molecule has 3 rings (SSSR count). The molecule has 0 aliphatic heterocycles. The molecule has 27 heavy (non-hydrogen) atoms. The number of carbonyl (C=O) groups excluding carboxylic acids is 1. The minimum Gasteiger partial charge on any atom is -0.326 e. The average Bonchev–Trinajstić information content (AvgIpc) is 3.15. The van der Waals surface area contributed by atoms with Crippen molar-refractivity contribution in [1.82, 2.24) is 9.97 Å². The molecule has 0 radical (unpaired) electrons. The van der Waals surface area contributed by atoms with Gasteiger partial charge in [-0.25, -0.2) is 13.4 Å². The van der Waals surface area contributed by atoms with Crippen LogP contribution in [-0.2, 0) is 21.1 Å². The van der Waals surface area contributed by atoms with Crippen molar-refractivity contribution in [3.05, 3.63) is 46.5 Å². The largest absolute Gasteiger partial charge is 0.326 e. The van der Waals surface area contributed by atoms with Crippen LogP contribution in [0.1, 0.15) is 49.4 Å². The van der Waals surface area contributed by atoms with Crippen molar-refractivity contribution in [3.8, 4) is 0 Å². The van der Waals surface area contributed by atoms with E-state index in [0.717, 1.165) is 35.1 Å². The summed E-state index contributed by atoms with van der Waals surface area (Å²) in [5, 5.41) is 2.80. The van der Waals surface area contributed by atoms with Crippen molar-refractivity contribution in [2.75, 3.05) is 11.6 Å². The molecule has 6 nitrogen and oxygen atoms in total. The Bertz CT molecular complexity index is 924. The number of hydrogen-bond acceptors (Lipinski definition) is 5. The van der Waals surface area contributed by atoms with Gasteiger partial charge in [0.15, 0.2) is 9.84 Å². The lowest BCUT2D eigenvalue weighted by molar-refractivity contribution is -0.116. The van der Waals surface area contributed by atoms with Crippen LogP contribution in [0.2, 0.25) is 0 Å². The third-order valence-corrected chi connectivity index (χ3v) is 6.26. The summed E-state index contributed by atoms with van der Waals surface area (Å²) in [6, 6.07) is 6.17. The van der Waals surface area contributed by atoms with Gasteiger partial charge in [-0.15, -0.1) is 0 Å². The Morgan fingerprint density at radius 3 is 2.52 bits per heavy atom. The van der Waals surface area contributed by atoms with E-state index in [2.05, 4.69) is 31.2 Å². The molecule has 2 aromatic rings. The van der Waals surface area contributed by atoms with Gasteiger partial charge >= 0.3 is 0 Å². The molecule has 1 fully saturated rings. The SMILES string of the molecule is CS(=O)(=O)c1ccc(NC(=O)CCc2ncc(Br)nc2C2CCCC2)cc1. The minimum absolute atomic E-state index is 0.135. The third-order valence-electron chi connectivity index (χ3n) is 4.75. The van der Waals surface area contributed by atoms with E-state index in [1.165, 1.54) is 25.0 Å². The zero-order chi connectivity index (χ0) is 19.4.